The Kier molecular flexibility index (Phi) is 5.36. The van der Waals surface area contributed by atoms with Gasteiger partial charge in [0.1, 0.15) is 5.60 Å². The summed E-state index contributed by atoms with van der Waals surface area (Å²) in [5.74, 6) is 0.726. The van der Waals surface area contributed by atoms with E-state index >= 15 is 0 Å². The molecule has 0 spiro atoms. The lowest BCUT2D eigenvalue weighted by molar-refractivity contribution is 0.0288. The maximum absolute atomic E-state index is 12.3. The maximum Gasteiger partial charge on any atom is 0.410 e. The smallest absolute Gasteiger partial charge is 0.410 e. The van der Waals surface area contributed by atoms with E-state index in [1.54, 1.807) is 0 Å². The maximum atomic E-state index is 12.3. The van der Waals surface area contributed by atoms with Crippen molar-refractivity contribution in [3.8, 4) is 0 Å². The largest absolute Gasteiger partial charge is 0.444 e. The van der Waals surface area contributed by atoms with Crippen molar-refractivity contribution < 1.29 is 9.53 Å². The number of alkyl halides is 1. The van der Waals surface area contributed by atoms with Gasteiger partial charge in [-0.05, 0) is 38.3 Å². The standard InChI is InChI=1S/C16H21Br2NO2/c1-16(2,3)21-15(20)19-9-11(8-17)13(10-19)12-6-4-5-7-14(12)18/h4-7,11,13H,8-10H2,1-3H3/t11-,13-/m0/s1. The highest BCUT2D eigenvalue weighted by Crippen LogP contribution is 2.37. The van der Waals surface area contributed by atoms with Crippen LogP contribution in [0.3, 0.4) is 0 Å². The number of benzene rings is 1. The average molecular weight is 419 g/mol. The Hall–Kier alpha value is -0.550. The van der Waals surface area contributed by atoms with E-state index in [9.17, 15) is 4.79 Å². The van der Waals surface area contributed by atoms with E-state index in [4.69, 9.17) is 4.74 Å². The zero-order valence-corrected chi connectivity index (χ0v) is 15.8. The van der Waals surface area contributed by atoms with Crippen LogP contribution in [0.4, 0.5) is 4.79 Å². The average Bonchev–Trinajstić information content (AvgIpc) is 2.81. The van der Waals surface area contributed by atoms with E-state index in [2.05, 4.69) is 44.0 Å². The van der Waals surface area contributed by atoms with E-state index in [1.165, 1.54) is 5.56 Å². The van der Waals surface area contributed by atoms with Crippen molar-refractivity contribution in [1.82, 2.24) is 4.90 Å². The van der Waals surface area contributed by atoms with Gasteiger partial charge in [0.05, 0.1) is 0 Å². The Morgan fingerprint density at radius 3 is 2.57 bits per heavy atom. The lowest BCUT2D eigenvalue weighted by atomic mass is 9.90. The van der Waals surface area contributed by atoms with E-state index in [0.717, 1.165) is 16.3 Å². The minimum atomic E-state index is -0.452. The summed E-state index contributed by atoms with van der Waals surface area (Å²) in [6.45, 7) is 7.12. The fourth-order valence-corrected chi connectivity index (χ4v) is 3.87. The number of likely N-dealkylation sites (tertiary alicyclic amines) is 1. The molecule has 21 heavy (non-hydrogen) atoms. The Bertz CT molecular complexity index is 513. The molecular weight excluding hydrogens is 398 g/mol. The van der Waals surface area contributed by atoms with Gasteiger partial charge >= 0.3 is 6.09 Å². The molecular formula is C16H21Br2NO2. The second-order valence-electron chi connectivity index (χ2n) is 6.43. The molecule has 5 heteroatoms. The number of amides is 1. The quantitative estimate of drug-likeness (QED) is 0.646. The Balaban J connectivity index is 2.15. The van der Waals surface area contributed by atoms with Crippen LogP contribution < -0.4 is 0 Å². The van der Waals surface area contributed by atoms with Gasteiger partial charge in [0.25, 0.3) is 0 Å². The zero-order valence-electron chi connectivity index (χ0n) is 12.6. The second-order valence-corrected chi connectivity index (χ2v) is 7.93. The van der Waals surface area contributed by atoms with Crippen LogP contribution in [0.25, 0.3) is 0 Å². The first-order chi connectivity index (χ1) is 9.81. The summed E-state index contributed by atoms with van der Waals surface area (Å²) in [5, 5.41) is 0.873. The molecule has 0 saturated carbocycles. The Morgan fingerprint density at radius 2 is 2.00 bits per heavy atom. The third-order valence-electron chi connectivity index (χ3n) is 3.60. The molecule has 1 amide bonds. The summed E-state index contributed by atoms with van der Waals surface area (Å²) in [4.78, 5) is 14.1. The van der Waals surface area contributed by atoms with Gasteiger partial charge in [-0.25, -0.2) is 4.79 Å². The molecule has 0 bridgehead atoms. The van der Waals surface area contributed by atoms with Gasteiger partial charge < -0.3 is 9.64 Å². The van der Waals surface area contributed by atoms with Gasteiger partial charge in [0, 0.05) is 28.8 Å². The van der Waals surface area contributed by atoms with E-state index in [-0.39, 0.29) is 6.09 Å². The first-order valence-electron chi connectivity index (χ1n) is 7.10. The summed E-state index contributed by atoms with van der Waals surface area (Å²) in [7, 11) is 0. The summed E-state index contributed by atoms with van der Waals surface area (Å²) in [6, 6.07) is 8.23. The van der Waals surface area contributed by atoms with Crippen LogP contribution in [-0.2, 0) is 4.74 Å². The summed E-state index contributed by atoms with van der Waals surface area (Å²) in [6.07, 6.45) is -0.219. The number of hydrogen-bond donors (Lipinski definition) is 0. The molecule has 2 rings (SSSR count). The van der Waals surface area contributed by atoms with Crippen LogP contribution >= 0.6 is 31.9 Å². The number of carbonyl (C=O) groups excluding carboxylic acids is 1. The molecule has 1 fully saturated rings. The van der Waals surface area contributed by atoms with Gasteiger partial charge in [0.15, 0.2) is 0 Å². The van der Waals surface area contributed by atoms with Crippen LogP contribution in [-0.4, -0.2) is 35.0 Å². The van der Waals surface area contributed by atoms with E-state index < -0.39 is 5.60 Å². The third kappa shape index (κ3) is 4.22. The second kappa shape index (κ2) is 6.69. The predicted molar refractivity (Wildman–Crippen MR) is 92.0 cm³/mol. The van der Waals surface area contributed by atoms with Crippen LogP contribution in [0.2, 0.25) is 0 Å². The normalized spacial score (nSPS) is 22.4. The fourth-order valence-electron chi connectivity index (χ4n) is 2.63. The van der Waals surface area contributed by atoms with Crippen molar-refractivity contribution in [3.05, 3.63) is 34.3 Å². The molecule has 1 heterocycles. The first kappa shape index (κ1) is 16.8. The molecule has 0 aromatic heterocycles. The number of rotatable bonds is 2. The Labute approximate surface area is 143 Å². The highest BCUT2D eigenvalue weighted by atomic mass is 79.9. The van der Waals surface area contributed by atoms with Crippen molar-refractivity contribution in [1.29, 1.82) is 0 Å². The van der Waals surface area contributed by atoms with E-state index in [0.29, 0.717) is 18.4 Å². The van der Waals surface area contributed by atoms with Gasteiger partial charge in [-0.1, -0.05) is 50.1 Å². The molecule has 1 saturated heterocycles. The van der Waals surface area contributed by atoms with Crippen molar-refractivity contribution >= 4 is 38.0 Å². The lowest BCUT2D eigenvalue weighted by Gasteiger charge is -2.24. The number of carbonyl (C=O) groups is 1. The molecule has 2 atom stereocenters. The van der Waals surface area contributed by atoms with Crippen LogP contribution in [0, 0.1) is 5.92 Å². The fraction of sp³-hybridized carbons (Fsp3) is 0.562. The lowest BCUT2D eigenvalue weighted by Crippen LogP contribution is -2.35. The molecule has 0 unspecified atom stereocenters. The molecule has 116 valence electrons. The zero-order chi connectivity index (χ0) is 15.6. The Morgan fingerprint density at radius 1 is 1.33 bits per heavy atom. The van der Waals surface area contributed by atoms with Crippen molar-refractivity contribution in [2.75, 3.05) is 18.4 Å². The highest BCUT2D eigenvalue weighted by Gasteiger charge is 2.37. The van der Waals surface area contributed by atoms with Gasteiger partial charge in [0.2, 0.25) is 0 Å². The molecule has 0 aliphatic carbocycles. The number of nitrogens with zero attached hydrogens (tertiary/aromatic N) is 1. The molecule has 0 N–H and O–H groups in total. The molecule has 0 radical (unpaired) electrons. The predicted octanol–water partition coefficient (Wildman–Crippen LogP) is 4.79. The van der Waals surface area contributed by atoms with E-state index in [1.807, 2.05) is 37.8 Å². The highest BCUT2D eigenvalue weighted by molar-refractivity contribution is 9.10. The molecule has 1 aliphatic heterocycles. The van der Waals surface area contributed by atoms with Gasteiger partial charge in [-0.3, -0.25) is 0 Å². The number of hydrogen-bond acceptors (Lipinski definition) is 2. The van der Waals surface area contributed by atoms with Crippen molar-refractivity contribution in [2.45, 2.75) is 32.3 Å². The minimum Gasteiger partial charge on any atom is -0.444 e. The summed E-state index contributed by atoms with van der Waals surface area (Å²) < 4.78 is 6.59. The topological polar surface area (TPSA) is 29.5 Å². The monoisotopic (exact) mass is 417 g/mol. The molecule has 1 aliphatic rings. The molecule has 3 nitrogen and oxygen atoms in total. The summed E-state index contributed by atoms with van der Waals surface area (Å²) >= 11 is 7.20. The summed E-state index contributed by atoms with van der Waals surface area (Å²) in [5.41, 5.74) is 0.805. The van der Waals surface area contributed by atoms with Gasteiger partial charge in [-0.15, -0.1) is 0 Å². The third-order valence-corrected chi connectivity index (χ3v) is 5.15. The van der Waals surface area contributed by atoms with Crippen LogP contribution in [0.15, 0.2) is 28.7 Å². The van der Waals surface area contributed by atoms with Crippen molar-refractivity contribution in [3.63, 3.8) is 0 Å². The minimum absolute atomic E-state index is 0.219. The number of halogens is 2. The molecule has 1 aromatic rings. The van der Waals surface area contributed by atoms with Crippen LogP contribution in [0.1, 0.15) is 32.3 Å². The van der Waals surface area contributed by atoms with Gasteiger partial charge in [-0.2, -0.15) is 0 Å². The number of ether oxygens (including phenoxy) is 1. The van der Waals surface area contributed by atoms with Crippen LogP contribution in [0.5, 0.6) is 0 Å². The SMILES string of the molecule is CC(C)(C)OC(=O)N1C[C@H](CBr)[C@@H](c2ccccc2Br)C1. The first-order valence-corrected chi connectivity index (χ1v) is 9.01. The molecule has 1 aromatic carbocycles. The van der Waals surface area contributed by atoms with Crippen molar-refractivity contribution in [2.24, 2.45) is 5.92 Å².